The summed E-state index contributed by atoms with van der Waals surface area (Å²) < 4.78 is 25.8. The standard InChI is InChI=1S/C15H16BrF2N3/c1-8(2)7-11-12(16)14(19)21-15(20-11)10-5-3-9(4-6-10)13(17)18/h3-6,8,13H,7H2,1-2H3,(H2,19,20,21). The number of benzene rings is 1. The average Bonchev–Trinajstić information content (AvgIpc) is 2.43. The largest absolute Gasteiger partial charge is 0.383 e. The van der Waals surface area contributed by atoms with E-state index in [0.717, 1.165) is 12.1 Å². The van der Waals surface area contributed by atoms with Crippen molar-refractivity contribution in [2.45, 2.75) is 26.7 Å². The molecule has 2 aromatic rings. The maximum absolute atomic E-state index is 12.6. The maximum Gasteiger partial charge on any atom is 0.263 e. The highest BCUT2D eigenvalue weighted by Gasteiger charge is 2.13. The zero-order chi connectivity index (χ0) is 15.6. The first-order chi connectivity index (χ1) is 9.88. The van der Waals surface area contributed by atoms with Crippen LogP contribution in [0, 0.1) is 5.92 Å². The molecule has 0 fully saturated rings. The van der Waals surface area contributed by atoms with Crippen LogP contribution in [0.15, 0.2) is 28.7 Å². The van der Waals surface area contributed by atoms with Crippen molar-refractivity contribution in [2.75, 3.05) is 5.73 Å². The van der Waals surface area contributed by atoms with Gasteiger partial charge in [0, 0.05) is 11.1 Å². The molecule has 0 amide bonds. The molecule has 0 aliphatic carbocycles. The van der Waals surface area contributed by atoms with E-state index in [1.165, 1.54) is 12.1 Å². The molecule has 2 rings (SSSR count). The van der Waals surface area contributed by atoms with Gasteiger partial charge < -0.3 is 5.73 Å². The van der Waals surface area contributed by atoms with Gasteiger partial charge in [-0.25, -0.2) is 18.7 Å². The Morgan fingerprint density at radius 3 is 2.29 bits per heavy atom. The lowest BCUT2D eigenvalue weighted by atomic mass is 10.1. The molecule has 21 heavy (non-hydrogen) atoms. The smallest absolute Gasteiger partial charge is 0.263 e. The number of alkyl halides is 2. The average molecular weight is 356 g/mol. The Morgan fingerprint density at radius 2 is 1.76 bits per heavy atom. The van der Waals surface area contributed by atoms with Crippen molar-refractivity contribution < 1.29 is 8.78 Å². The van der Waals surface area contributed by atoms with E-state index in [1.807, 2.05) is 0 Å². The number of hydrogen-bond donors (Lipinski definition) is 1. The van der Waals surface area contributed by atoms with Crippen LogP contribution in [0.4, 0.5) is 14.6 Å². The fraction of sp³-hybridized carbons (Fsp3) is 0.333. The van der Waals surface area contributed by atoms with Gasteiger partial charge in [0.2, 0.25) is 0 Å². The van der Waals surface area contributed by atoms with E-state index in [0.29, 0.717) is 27.6 Å². The third-order valence-electron chi connectivity index (χ3n) is 2.97. The van der Waals surface area contributed by atoms with Crippen LogP contribution >= 0.6 is 15.9 Å². The Bertz CT molecular complexity index is 628. The van der Waals surface area contributed by atoms with Gasteiger partial charge in [0.05, 0.1) is 10.2 Å². The first-order valence-corrected chi connectivity index (χ1v) is 7.38. The highest BCUT2D eigenvalue weighted by Crippen LogP contribution is 2.28. The second-order valence-electron chi connectivity index (χ2n) is 5.21. The summed E-state index contributed by atoms with van der Waals surface area (Å²) in [5.41, 5.74) is 7.37. The SMILES string of the molecule is CC(C)Cc1nc(-c2ccc(C(F)F)cc2)nc(N)c1Br. The van der Waals surface area contributed by atoms with E-state index >= 15 is 0 Å². The maximum atomic E-state index is 12.6. The number of anilines is 1. The molecule has 0 aliphatic heterocycles. The summed E-state index contributed by atoms with van der Waals surface area (Å²) in [7, 11) is 0. The molecule has 112 valence electrons. The van der Waals surface area contributed by atoms with E-state index in [2.05, 4.69) is 39.7 Å². The molecule has 0 unspecified atom stereocenters. The van der Waals surface area contributed by atoms with Crippen LogP contribution in [0.1, 0.15) is 31.5 Å². The van der Waals surface area contributed by atoms with Gasteiger partial charge in [-0.1, -0.05) is 38.1 Å². The second-order valence-corrected chi connectivity index (χ2v) is 6.01. The predicted octanol–water partition coefficient (Wildman–Crippen LogP) is 4.62. The second kappa shape index (κ2) is 6.47. The van der Waals surface area contributed by atoms with Crippen LogP contribution in [0.5, 0.6) is 0 Å². The Kier molecular flexibility index (Phi) is 4.88. The number of nitrogen functional groups attached to an aromatic ring is 1. The highest BCUT2D eigenvalue weighted by atomic mass is 79.9. The molecule has 1 aromatic carbocycles. The van der Waals surface area contributed by atoms with E-state index in [4.69, 9.17) is 5.73 Å². The quantitative estimate of drug-likeness (QED) is 0.869. The van der Waals surface area contributed by atoms with Crippen molar-refractivity contribution in [3.8, 4) is 11.4 Å². The molecule has 1 aromatic heterocycles. The summed E-state index contributed by atoms with van der Waals surface area (Å²) in [6.07, 6.45) is -1.72. The molecule has 3 nitrogen and oxygen atoms in total. The summed E-state index contributed by atoms with van der Waals surface area (Å²) in [6, 6.07) is 5.93. The van der Waals surface area contributed by atoms with Crippen molar-refractivity contribution in [1.82, 2.24) is 9.97 Å². The van der Waals surface area contributed by atoms with Gasteiger partial charge >= 0.3 is 0 Å². The molecule has 0 atom stereocenters. The first-order valence-electron chi connectivity index (χ1n) is 6.59. The topological polar surface area (TPSA) is 51.8 Å². The molecule has 0 saturated heterocycles. The van der Waals surface area contributed by atoms with E-state index in [1.54, 1.807) is 12.1 Å². The predicted molar refractivity (Wildman–Crippen MR) is 83.1 cm³/mol. The number of halogens is 3. The fourth-order valence-corrected chi connectivity index (χ4v) is 2.28. The lowest BCUT2D eigenvalue weighted by Gasteiger charge is -2.11. The number of hydrogen-bond acceptors (Lipinski definition) is 3. The zero-order valence-electron chi connectivity index (χ0n) is 11.8. The van der Waals surface area contributed by atoms with Gasteiger partial charge in [0.1, 0.15) is 5.82 Å². The minimum Gasteiger partial charge on any atom is -0.383 e. The number of nitrogens with two attached hydrogens (primary N) is 1. The van der Waals surface area contributed by atoms with Crippen LogP contribution in [0.25, 0.3) is 11.4 Å². The lowest BCUT2D eigenvalue weighted by molar-refractivity contribution is 0.151. The highest BCUT2D eigenvalue weighted by molar-refractivity contribution is 9.10. The van der Waals surface area contributed by atoms with Crippen molar-refractivity contribution in [3.05, 3.63) is 40.0 Å². The Labute approximate surface area is 130 Å². The van der Waals surface area contributed by atoms with Gasteiger partial charge in [-0.3, -0.25) is 0 Å². The van der Waals surface area contributed by atoms with Crippen LogP contribution in [-0.4, -0.2) is 9.97 Å². The molecule has 0 bridgehead atoms. The number of nitrogens with zero attached hydrogens (tertiary/aromatic N) is 2. The van der Waals surface area contributed by atoms with Gasteiger partial charge in [0.25, 0.3) is 6.43 Å². The van der Waals surface area contributed by atoms with E-state index < -0.39 is 6.43 Å². The monoisotopic (exact) mass is 355 g/mol. The molecule has 2 N–H and O–H groups in total. The van der Waals surface area contributed by atoms with Crippen LogP contribution in [0.3, 0.4) is 0 Å². The molecule has 1 heterocycles. The van der Waals surface area contributed by atoms with E-state index in [9.17, 15) is 8.78 Å². The molecular weight excluding hydrogens is 340 g/mol. The molecule has 0 aliphatic rings. The zero-order valence-corrected chi connectivity index (χ0v) is 13.4. The van der Waals surface area contributed by atoms with Gasteiger partial charge in [-0.05, 0) is 28.3 Å². The summed E-state index contributed by atoms with van der Waals surface area (Å²) >= 11 is 3.40. The Balaban J connectivity index is 2.41. The molecule has 0 saturated carbocycles. The first kappa shape index (κ1) is 15.8. The normalized spacial score (nSPS) is 11.4. The third-order valence-corrected chi connectivity index (χ3v) is 3.83. The Morgan fingerprint density at radius 1 is 1.14 bits per heavy atom. The molecule has 0 spiro atoms. The van der Waals surface area contributed by atoms with E-state index in [-0.39, 0.29) is 5.56 Å². The summed E-state index contributed by atoms with van der Waals surface area (Å²) in [5.74, 6) is 1.23. The third kappa shape index (κ3) is 3.75. The number of rotatable bonds is 4. The molecule has 0 radical (unpaired) electrons. The van der Waals surface area contributed by atoms with Crippen LogP contribution in [0.2, 0.25) is 0 Å². The minimum absolute atomic E-state index is 0.0220. The molecular formula is C15H16BrF2N3. The van der Waals surface area contributed by atoms with Crippen LogP contribution in [-0.2, 0) is 6.42 Å². The molecule has 6 heteroatoms. The summed E-state index contributed by atoms with van der Waals surface area (Å²) in [5, 5.41) is 0. The minimum atomic E-state index is -2.48. The summed E-state index contributed by atoms with van der Waals surface area (Å²) in [4.78, 5) is 8.71. The van der Waals surface area contributed by atoms with Gasteiger partial charge in [0.15, 0.2) is 5.82 Å². The Hall–Kier alpha value is -1.56. The fourth-order valence-electron chi connectivity index (χ4n) is 1.94. The van der Waals surface area contributed by atoms with Crippen molar-refractivity contribution in [3.63, 3.8) is 0 Å². The lowest BCUT2D eigenvalue weighted by Crippen LogP contribution is -2.05. The van der Waals surface area contributed by atoms with Gasteiger partial charge in [-0.15, -0.1) is 0 Å². The van der Waals surface area contributed by atoms with Crippen molar-refractivity contribution >= 4 is 21.7 Å². The summed E-state index contributed by atoms with van der Waals surface area (Å²) in [6.45, 7) is 4.17. The van der Waals surface area contributed by atoms with Crippen molar-refractivity contribution in [1.29, 1.82) is 0 Å². The number of aromatic nitrogens is 2. The van der Waals surface area contributed by atoms with Crippen LogP contribution < -0.4 is 5.73 Å². The van der Waals surface area contributed by atoms with Gasteiger partial charge in [-0.2, -0.15) is 0 Å². The van der Waals surface area contributed by atoms with Crippen molar-refractivity contribution in [2.24, 2.45) is 5.92 Å².